The minimum Gasteiger partial charge on any atom is -0.426 e. The number of hydrogen-bond acceptors (Lipinski definition) is 8. The van der Waals surface area contributed by atoms with Crippen molar-refractivity contribution in [3.8, 4) is 5.75 Å². The lowest BCUT2D eigenvalue weighted by Crippen LogP contribution is -2.30. The first kappa shape index (κ1) is 26.7. The number of methoxy groups -OCH3 is 1. The molecule has 3 aromatic rings. The zero-order chi connectivity index (χ0) is 27.1. The fraction of sp³-hybridized carbons (Fsp3) is 0.321. The lowest BCUT2D eigenvalue weighted by Gasteiger charge is -2.13. The molecule has 1 aromatic heterocycles. The Bertz CT molecular complexity index is 1390. The van der Waals surface area contributed by atoms with E-state index in [1.807, 2.05) is 0 Å². The summed E-state index contributed by atoms with van der Waals surface area (Å²) in [5.74, 6) is -1.35. The predicted octanol–water partition coefficient (Wildman–Crippen LogP) is 3.32. The summed E-state index contributed by atoms with van der Waals surface area (Å²) in [6.45, 7) is 1.14. The highest BCUT2D eigenvalue weighted by molar-refractivity contribution is 6.21. The van der Waals surface area contributed by atoms with Crippen molar-refractivity contribution in [3.63, 3.8) is 0 Å². The molecule has 0 unspecified atom stereocenters. The number of nitrogens with zero attached hydrogens (tertiary/aromatic N) is 1. The van der Waals surface area contributed by atoms with Gasteiger partial charge in [0.2, 0.25) is 0 Å². The second kappa shape index (κ2) is 12.3. The van der Waals surface area contributed by atoms with Crippen molar-refractivity contribution in [1.29, 1.82) is 0 Å². The zero-order valence-corrected chi connectivity index (χ0v) is 21.0. The Morgan fingerprint density at radius 3 is 2.37 bits per heavy atom. The van der Waals surface area contributed by atoms with Gasteiger partial charge in [-0.05, 0) is 49.6 Å². The molecular weight excluding hydrogens is 492 g/mol. The standard InChI is InChI=1S/C28H28N2O8/c1-36-15-7-13-29-25(32)22-16-18-11-12-19(17-23(18)38-28(22)35)37-24(31)10-3-2-6-14-30-26(33)20-8-4-5-9-21(20)27(30)34/h4-5,8-9,11-12,16-17H,2-3,6-7,10,13-15H2,1H3,(H,29,32). The topological polar surface area (TPSA) is 132 Å². The summed E-state index contributed by atoms with van der Waals surface area (Å²) in [6, 6.07) is 12.8. The van der Waals surface area contributed by atoms with Crippen LogP contribution in [0.25, 0.3) is 11.0 Å². The number of nitrogens with one attached hydrogen (secondary N) is 1. The lowest BCUT2D eigenvalue weighted by atomic mass is 10.1. The molecule has 1 aliphatic heterocycles. The van der Waals surface area contributed by atoms with E-state index in [1.54, 1.807) is 43.5 Å². The fourth-order valence-electron chi connectivity index (χ4n) is 4.17. The molecule has 3 amide bonds. The predicted molar refractivity (Wildman–Crippen MR) is 137 cm³/mol. The van der Waals surface area contributed by atoms with Crippen LogP contribution in [0, 0.1) is 0 Å². The quantitative estimate of drug-likeness (QED) is 0.126. The summed E-state index contributed by atoms with van der Waals surface area (Å²) in [7, 11) is 1.56. The Morgan fingerprint density at radius 1 is 0.921 bits per heavy atom. The molecule has 1 N–H and O–H groups in total. The van der Waals surface area contributed by atoms with Crippen LogP contribution < -0.4 is 15.7 Å². The second-order valence-electron chi connectivity index (χ2n) is 8.84. The first-order valence-electron chi connectivity index (χ1n) is 12.4. The van der Waals surface area contributed by atoms with E-state index in [4.69, 9.17) is 13.9 Å². The van der Waals surface area contributed by atoms with Gasteiger partial charge in [-0.1, -0.05) is 18.6 Å². The number of esters is 1. The number of imide groups is 1. The van der Waals surface area contributed by atoms with Crippen LogP contribution in [-0.2, 0) is 9.53 Å². The van der Waals surface area contributed by atoms with Crippen molar-refractivity contribution < 1.29 is 33.1 Å². The van der Waals surface area contributed by atoms with Crippen molar-refractivity contribution in [2.24, 2.45) is 0 Å². The van der Waals surface area contributed by atoms with Gasteiger partial charge in [-0.2, -0.15) is 0 Å². The Labute approximate surface area is 218 Å². The van der Waals surface area contributed by atoms with Gasteiger partial charge >= 0.3 is 11.6 Å². The summed E-state index contributed by atoms with van der Waals surface area (Å²) in [5.41, 5.74) is 0.135. The molecule has 0 fully saturated rings. The first-order chi connectivity index (χ1) is 18.4. The number of fused-ring (bicyclic) bond motifs is 2. The van der Waals surface area contributed by atoms with Crippen LogP contribution in [0.15, 0.2) is 57.7 Å². The number of carbonyl (C=O) groups excluding carboxylic acids is 4. The third-order valence-corrected chi connectivity index (χ3v) is 6.14. The van der Waals surface area contributed by atoms with E-state index in [1.165, 1.54) is 17.0 Å². The first-order valence-corrected chi connectivity index (χ1v) is 12.4. The number of amides is 3. The normalized spacial score (nSPS) is 12.6. The summed E-state index contributed by atoms with van der Waals surface area (Å²) in [4.78, 5) is 62.9. The van der Waals surface area contributed by atoms with Gasteiger partial charge in [0.25, 0.3) is 17.7 Å². The number of ether oxygens (including phenoxy) is 2. The van der Waals surface area contributed by atoms with Crippen LogP contribution in [0.2, 0.25) is 0 Å². The van der Waals surface area contributed by atoms with Crippen molar-refractivity contribution >= 4 is 34.7 Å². The van der Waals surface area contributed by atoms with Crippen molar-refractivity contribution in [2.45, 2.75) is 32.1 Å². The lowest BCUT2D eigenvalue weighted by molar-refractivity contribution is -0.134. The number of hydrogen-bond donors (Lipinski definition) is 1. The Hall–Kier alpha value is -4.31. The maximum Gasteiger partial charge on any atom is 0.349 e. The zero-order valence-electron chi connectivity index (χ0n) is 21.0. The Morgan fingerprint density at radius 2 is 1.66 bits per heavy atom. The third kappa shape index (κ3) is 6.15. The summed E-state index contributed by atoms with van der Waals surface area (Å²) in [5, 5.41) is 3.16. The molecule has 1 aliphatic rings. The van der Waals surface area contributed by atoms with Crippen LogP contribution in [0.4, 0.5) is 0 Å². The largest absolute Gasteiger partial charge is 0.426 e. The van der Waals surface area contributed by atoms with Gasteiger partial charge in [-0.3, -0.25) is 24.1 Å². The average molecular weight is 521 g/mol. The van der Waals surface area contributed by atoms with Crippen LogP contribution >= 0.6 is 0 Å². The van der Waals surface area contributed by atoms with E-state index in [0.717, 1.165) is 0 Å². The van der Waals surface area contributed by atoms with E-state index in [2.05, 4.69) is 5.32 Å². The number of carbonyl (C=O) groups is 4. The highest BCUT2D eigenvalue weighted by Crippen LogP contribution is 2.23. The van der Waals surface area contributed by atoms with Crippen molar-refractivity contribution in [2.75, 3.05) is 26.8 Å². The molecule has 198 valence electrons. The smallest absolute Gasteiger partial charge is 0.349 e. The third-order valence-electron chi connectivity index (χ3n) is 6.14. The molecule has 0 saturated heterocycles. The number of benzene rings is 2. The van der Waals surface area contributed by atoms with Crippen LogP contribution in [0.3, 0.4) is 0 Å². The Balaban J connectivity index is 1.24. The van der Waals surface area contributed by atoms with Crippen LogP contribution in [0.1, 0.15) is 63.2 Å². The van der Waals surface area contributed by atoms with Gasteiger partial charge in [0.1, 0.15) is 16.9 Å². The molecule has 0 radical (unpaired) electrons. The maximum atomic E-state index is 12.4. The van der Waals surface area contributed by atoms with Crippen LogP contribution in [-0.4, -0.2) is 55.4 Å². The van der Waals surface area contributed by atoms with Crippen molar-refractivity contribution in [1.82, 2.24) is 10.2 Å². The van der Waals surface area contributed by atoms with Gasteiger partial charge in [-0.25, -0.2) is 4.79 Å². The molecule has 4 rings (SSSR count). The molecule has 0 saturated carbocycles. The maximum absolute atomic E-state index is 12.4. The molecule has 0 atom stereocenters. The van der Waals surface area contributed by atoms with Gasteiger partial charge < -0.3 is 19.2 Å². The summed E-state index contributed by atoms with van der Waals surface area (Å²) >= 11 is 0. The SMILES string of the molecule is COCCCNC(=O)c1cc2ccc(OC(=O)CCCCCN3C(=O)c4ccccc4C3=O)cc2oc1=O. The molecule has 10 nitrogen and oxygen atoms in total. The van der Waals surface area contributed by atoms with E-state index in [0.29, 0.717) is 55.3 Å². The van der Waals surface area contributed by atoms with Crippen LogP contribution in [0.5, 0.6) is 5.75 Å². The number of unbranched alkanes of at least 4 members (excludes halogenated alkanes) is 2. The molecule has 2 aromatic carbocycles. The summed E-state index contributed by atoms with van der Waals surface area (Å²) < 4.78 is 15.6. The van der Waals surface area contributed by atoms with E-state index in [-0.39, 0.29) is 41.7 Å². The molecule has 10 heteroatoms. The van der Waals surface area contributed by atoms with Gasteiger partial charge in [0, 0.05) is 44.7 Å². The molecule has 0 spiro atoms. The Kier molecular flexibility index (Phi) is 8.65. The molecule has 0 bridgehead atoms. The monoisotopic (exact) mass is 520 g/mol. The minimum absolute atomic E-state index is 0.110. The average Bonchev–Trinajstić information content (AvgIpc) is 3.15. The molecule has 2 heterocycles. The fourth-order valence-corrected chi connectivity index (χ4v) is 4.17. The van der Waals surface area contributed by atoms with Gasteiger partial charge in [-0.15, -0.1) is 0 Å². The molecular formula is C28H28N2O8. The van der Waals surface area contributed by atoms with Gasteiger partial charge in [0.15, 0.2) is 0 Å². The highest BCUT2D eigenvalue weighted by Gasteiger charge is 2.34. The molecule has 38 heavy (non-hydrogen) atoms. The van der Waals surface area contributed by atoms with E-state index < -0.39 is 17.5 Å². The number of rotatable bonds is 12. The summed E-state index contributed by atoms with van der Waals surface area (Å²) in [6.07, 6.45) is 2.48. The highest BCUT2D eigenvalue weighted by atomic mass is 16.5. The van der Waals surface area contributed by atoms with Gasteiger partial charge in [0.05, 0.1) is 11.1 Å². The molecule has 0 aliphatic carbocycles. The second-order valence-corrected chi connectivity index (χ2v) is 8.84. The van der Waals surface area contributed by atoms with E-state index >= 15 is 0 Å². The minimum atomic E-state index is -0.789. The van der Waals surface area contributed by atoms with Crippen molar-refractivity contribution in [3.05, 3.63) is 75.6 Å². The van der Waals surface area contributed by atoms with E-state index in [9.17, 15) is 24.0 Å².